The average molecular weight is 276 g/mol. The Kier molecular flexibility index (Phi) is 4.46. The molecular formula is C13H16N4OS. The summed E-state index contributed by atoms with van der Waals surface area (Å²) in [6, 6.07) is 3.89. The lowest BCUT2D eigenvalue weighted by atomic mass is 10.1. The van der Waals surface area contributed by atoms with Gasteiger partial charge in [-0.25, -0.2) is 5.43 Å². The lowest BCUT2D eigenvalue weighted by molar-refractivity contribution is -0.121. The zero-order chi connectivity index (χ0) is 13.7. The minimum atomic E-state index is -0.0900. The summed E-state index contributed by atoms with van der Waals surface area (Å²) in [5.74, 6) is -0.0900. The minimum absolute atomic E-state index is 0.0900. The number of hydrogen-bond acceptors (Lipinski definition) is 4. The van der Waals surface area contributed by atoms with Gasteiger partial charge < -0.3 is 0 Å². The van der Waals surface area contributed by atoms with E-state index < -0.39 is 0 Å². The Balaban J connectivity index is 1.79. The molecule has 0 aliphatic heterocycles. The molecule has 0 atom stereocenters. The van der Waals surface area contributed by atoms with E-state index in [-0.39, 0.29) is 5.91 Å². The molecule has 0 aromatic carbocycles. The molecule has 0 aliphatic carbocycles. The van der Waals surface area contributed by atoms with E-state index in [0.29, 0.717) is 12.8 Å². The van der Waals surface area contributed by atoms with Crippen molar-refractivity contribution in [3.63, 3.8) is 0 Å². The summed E-state index contributed by atoms with van der Waals surface area (Å²) in [5.41, 5.74) is 5.61. The molecule has 100 valence electrons. The van der Waals surface area contributed by atoms with Gasteiger partial charge in [0.15, 0.2) is 0 Å². The molecule has 2 aromatic rings. The average Bonchev–Trinajstić information content (AvgIpc) is 2.99. The van der Waals surface area contributed by atoms with Crippen LogP contribution in [0.4, 0.5) is 0 Å². The molecule has 5 nitrogen and oxygen atoms in total. The van der Waals surface area contributed by atoms with Gasteiger partial charge in [0, 0.05) is 17.0 Å². The molecule has 1 amide bonds. The van der Waals surface area contributed by atoms with Gasteiger partial charge in [-0.1, -0.05) is 6.07 Å². The fourth-order valence-electron chi connectivity index (χ4n) is 1.77. The first-order chi connectivity index (χ1) is 9.16. The second-order valence-corrected chi connectivity index (χ2v) is 5.20. The van der Waals surface area contributed by atoms with Crippen LogP contribution in [0, 0.1) is 13.8 Å². The van der Waals surface area contributed by atoms with E-state index in [2.05, 4.69) is 20.7 Å². The first-order valence-corrected chi connectivity index (χ1v) is 6.90. The van der Waals surface area contributed by atoms with Crippen LogP contribution in [0.5, 0.6) is 0 Å². The Morgan fingerprint density at radius 2 is 2.42 bits per heavy atom. The molecule has 0 bridgehead atoms. The van der Waals surface area contributed by atoms with Crippen LogP contribution in [-0.4, -0.2) is 22.3 Å². The van der Waals surface area contributed by atoms with Gasteiger partial charge >= 0.3 is 0 Å². The molecule has 0 saturated carbocycles. The van der Waals surface area contributed by atoms with Crippen molar-refractivity contribution in [3.05, 3.63) is 39.3 Å². The normalized spacial score (nSPS) is 11.1. The number of thiophene rings is 1. The number of nitrogens with one attached hydrogen (secondary N) is 2. The second-order valence-electron chi connectivity index (χ2n) is 4.22. The number of hydrogen-bond donors (Lipinski definition) is 2. The van der Waals surface area contributed by atoms with Gasteiger partial charge in [0.05, 0.1) is 11.9 Å². The minimum Gasteiger partial charge on any atom is -0.282 e. The lowest BCUT2D eigenvalue weighted by Gasteiger charge is -2.00. The van der Waals surface area contributed by atoms with Crippen LogP contribution in [0.1, 0.15) is 28.2 Å². The van der Waals surface area contributed by atoms with Crippen LogP contribution < -0.4 is 5.43 Å². The summed E-state index contributed by atoms with van der Waals surface area (Å²) in [5, 5.41) is 12.9. The number of H-pyrrole nitrogens is 1. The molecule has 0 spiro atoms. The number of nitrogens with zero attached hydrogens (tertiary/aromatic N) is 2. The maximum absolute atomic E-state index is 11.6. The highest BCUT2D eigenvalue weighted by Gasteiger charge is 2.08. The van der Waals surface area contributed by atoms with Crippen molar-refractivity contribution in [3.8, 4) is 0 Å². The molecule has 0 aliphatic rings. The van der Waals surface area contributed by atoms with Crippen molar-refractivity contribution in [2.45, 2.75) is 26.7 Å². The van der Waals surface area contributed by atoms with E-state index in [0.717, 1.165) is 21.8 Å². The standard InChI is InChI=1S/C13H16N4OS/c1-9-12(10(2)16-15-9)5-6-13(18)17-14-8-11-4-3-7-19-11/h3-4,7-8H,5-6H2,1-2H3,(H,15,16)(H,17,18). The van der Waals surface area contributed by atoms with Crippen molar-refractivity contribution in [1.82, 2.24) is 15.6 Å². The van der Waals surface area contributed by atoms with Crippen LogP contribution >= 0.6 is 11.3 Å². The molecular weight excluding hydrogens is 260 g/mol. The fraction of sp³-hybridized carbons (Fsp3) is 0.308. The number of carbonyl (C=O) groups is 1. The molecule has 2 rings (SSSR count). The van der Waals surface area contributed by atoms with Gasteiger partial charge in [-0.2, -0.15) is 10.2 Å². The van der Waals surface area contributed by atoms with Crippen LogP contribution in [0.3, 0.4) is 0 Å². The summed E-state index contributed by atoms with van der Waals surface area (Å²) in [6.07, 6.45) is 2.73. The van der Waals surface area contributed by atoms with E-state index in [1.165, 1.54) is 0 Å². The molecule has 0 fully saturated rings. The second kappa shape index (κ2) is 6.29. The predicted octanol–water partition coefficient (Wildman–Crippen LogP) is 2.17. The largest absolute Gasteiger partial charge is 0.282 e. The Labute approximate surface area is 115 Å². The Hall–Kier alpha value is -1.95. The zero-order valence-corrected chi connectivity index (χ0v) is 11.8. The van der Waals surface area contributed by atoms with Gasteiger partial charge in [0.1, 0.15) is 0 Å². The van der Waals surface area contributed by atoms with Crippen molar-refractivity contribution in [2.24, 2.45) is 5.10 Å². The van der Waals surface area contributed by atoms with E-state index in [4.69, 9.17) is 0 Å². The number of amides is 1. The first-order valence-electron chi connectivity index (χ1n) is 6.02. The zero-order valence-electron chi connectivity index (χ0n) is 10.9. The third kappa shape index (κ3) is 3.75. The van der Waals surface area contributed by atoms with Crippen molar-refractivity contribution < 1.29 is 4.79 Å². The van der Waals surface area contributed by atoms with Crippen molar-refractivity contribution in [1.29, 1.82) is 0 Å². The van der Waals surface area contributed by atoms with Crippen LogP contribution in [0.15, 0.2) is 22.6 Å². The van der Waals surface area contributed by atoms with Crippen molar-refractivity contribution in [2.75, 3.05) is 0 Å². The SMILES string of the molecule is Cc1n[nH]c(C)c1CCC(=O)NN=Cc1cccs1. The third-order valence-electron chi connectivity index (χ3n) is 2.81. The molecule has 0 unspecified atom stereocenters. The topological polar surface area (TPSA) is 70.1 Å². The summed E-state index contributed by atoms with van der Waals surface area (Å²) in [6.45, 7) is 3.90. The van der Waals surface area contributed by atoms with Gasteiger partial charge in [-0.05, 0) is 37.3 Å². The smallest absolute Gasteiger partial charge is 0.240 e. The Morgan fingerprint density at radius 3 is 3.05 bits per heavy atom. The molecule has 2 aromatic heterocycles. The van der Waals surface area contributed by atoms with Gasteiger partial charge in [-0.3, -0.25) is 9.89 Å². The first kappa shape index (κ1) is 13.5. The Bertz CT molecular complexity index is 552. The van der Waals surface area contributed by atoms with Gasteiger partial charge in [0.2, 0.25) is 5.91 Å². The number of rotatable bonds is 5. The number of hydrazone groups is 1. The molecule has 0 saturated heterocycles. The lowest BCUT2D eigenvalue weighted by Crippen LogP contribution is -2.18. The van der Waals surface area contributed by atoms with Gasteiger partial charge in [-0.15, -0.1) is 11.3 Å². The number of aromatic amines is 1. The maximum Gasteiger partial charge on any atom is 0.240 e. The number of aryl methyl sites for hydroxylation is 2. The molecule has 0 radical (unpaired) electrons. The molecule has 2 heterocycles. The molecule has 19 heavy (non-hydrogen) atoms. The summed E-state index contributed by atoms with van der Waals surface area (Å²) in [7, 11) is 0. The molecule has 2 N–H and O–H groups in total. The van der Waals surface area contributed by atoms with E-state index >= 15 is 0 Å². The number of carbonyl (C=O) groups excluding carboxylic acids is 1. The monoisotopic (exact) mass is 276 g/mol. The third-order valence-corrected chi connectivity index (χ3v) is 3.61. The summed E-state index contributed by atoms with van der Waals surface area (Å²) in [4.78, 5) is 12.7. The van der Waals surface area contributed by atoms with Gasteiger partial charge in [0.25, 0.3) is 0 Å². The summed E-state index contributed by atoms with van der Waals surface area (Å²) < 4.78 is 0. The maximum atomic E-state index is 11.6. The highest BCUT2D eigenvalue weighted by atomic mass is 32.1. The Morgan fingerprint density at radius 1 is 1.58 bits per heavy atom. The predicted molar refractivity (Wildman–Crippen MR) is 76.4 cm³/mol. The van der Waals surface area contributed by atoms with Crippen LogP contribution in [-0.2, 0) is 11.2 Å². The molecule has 6 heteroatoms. The van der Waals surface area contributed by atoms with Crippen LogP contribution in [0.25, 0.3) is 0 Å². The quantitative estimate of drug-likeness (QED) is 0.649. The van der Waals surface area contributed by atoms with E-state index in [9.17, 15) is 4.79 Å². The highest BCUT2D eigenvalue weighted by Crippen LogP contribution is 2.11. The van der Waals surface area contributed by atoms with Crippen molar-refractivity contribution >= 4 is 23.5 Å². The fourth-order valence-corrected chi connectivity index (χ4v) is 2.35. The van der Waals surface area contributed by atoms with E-state index in [1.54, 1.807) is 17.6 Å². The number of aromatic nitrogens is 2. The van der Waals surface area contributed by atoms with E-state index in [1.807, 2.05) is 31.4 Å². The van der Waals surface area contributed by atoms with Crippen LogP contribution in [0.2, 0.25) is 0 Å². The summed E-state index contributed by atoms with van der Waals surface area (Å²) >= 11 is 1.58. The highest BCUT2D eigenvalue weighted by molar-refractivity contribution is 7.11.